The standard InChI is InChI=1S/C14H19NO4S/c1-14(2,3)19-13(18)15-8-4-5-9(15)10-6-7-11(20-10)12(16)17/h6-7,9H,4-5,8H2,1-3H3,(H,16,17). The first-order valence-corrected chi connectivity index (χ1v) is 7.42. The van der Waals surface area contributed by atoms with Crippen LogP contribution in [0.15, 0.2) is 12.1 Å². The van der Waals surface area contributed by atoms with Crippen molar-refractivity contribution < 1.29 is 19.4 Å². The summed E-state index contributed by atoms with van der Waals surface area (Å²) in [6.07, 6.45) is 1.42. The summed E-state index contributed by atoms with van der Waals surface area (Å²) in [6.45, 7) is 6.16. The summed E-state index contributed by atoms with van der Waals surface area (Å²) in [5, 5.41) is 8.97. The number of hydrogen-bond acceptors (Lipinski definition) is 4. The molecule has 1 fully saturated rings. The molecule has 0 aromatic carbocycles. The van der Waals surface area contributed by atoms with E-state index in [4.69, 9.17) is 9.84 Å². The van der Waals surface area contributed by atoms with Gasteiger partial charge in [-0.15, -0.1) is 11.3 Å². The number of carbonyl (C=O) groups is 2. The molecular formula is C14H19NO4S. The predicted molar refractivity (Wildman–Crippen MR) is 76.2 cm³/mol. The second-order valence-corrected chi connectivity index (χ2v) is 6.95. The maximum atomic E-state index is 12.2. The zero-order valence-corrected chi connectivity index (χ0v) is 12.7. The number of hydrogen-bond donors (Lipinski definition) is 1. The van der Waals surface area contributed by atoms with Crippen molar-refractivity contribution in [3.63, 3.8) is 0 Å². The number of amides is 1. The van der Waals surface area contributed by atoms with E-state index in [1.807, 2.05) is 20.8 Å². The normalized spacial score (nSPS) is 19.1. The molecule has 6 heteroatoms. The number of rotatable bonds is 2. The number of aromatic carboxylic acids is 1. The van der Waals surface area contributed by atoms with Crippen molar-refractivity contribution in [2.45, 2.75) is 45.3 Å². The molecule has 1 aliphatic heterocycles. The first-order valence-electron chi connectivity index (χ1n) is 6.60. The van der Waals surface area contributed by atoms with Gasteiger partial charge in [0.1, 0.15) is 10.5 Å². The van der Waals surface area contributed by atoms with Crippen molar-refractivity contribution in [1.29, 1.82) is 0 Å². The first-order chi connectivity index (χ1) is 9.28. The molecule has 20 heavy (non-hydrogen) atoms. The van der Waals surface area contributed by atoms with Gasteiger partial charge in [0, 0.05) is 11.4 Å². The van der Waals surface area contributed by atoms with Crippen LogP contribution in [0.1, 0.15) is 54.2 Å². The van der Waals surface area contributed by atoms with Gasteiger partial charge in [-0.1, -0.05) is 0 Å². The Hall–Kier alpha value is -1.56. The maximum Gasteiger partial charge on any atom is 0.410 e. The molecular weight excluding hydrogens is 278 g/mol. The van der Waals surface area contributed by atoms with Gasteiger partial charge >= 0.3 is 12.1 Å². The molecule has 1 saturated heterocycles. The van der Waals surface area contributed by atoms with Crippen LogP contribution in [-0.2, 0) is 4.74 Å². The van der Waals surface area contributed by atoms with Crippen LogP contribution in [0.2, 0.25) is 0 Å². The fourth-order valence-electron chi connectivity index (χ4n) is 2.25. The van der Waals surface area contributed by atoms with Crippen molar-refractivity contribution in [1.82, 2.24) is 4.90 Å². The zero-order valence-electron chi connectivity index (χ0n) is 11.9. The van der Waals surface area contributed by atoms with Crippen LogP contribution in [0.25, 0.3) is 0 Å². The molecule has 2 rings (SSSR count). The van der Waals surface area contributed by atoms with Gasteiger partial charge in [0.25, 0.3) is 0 Å². The van der Waals surface area contributed by atoms with Gasteiger partial charge in [-0.3, -0.25) is 0 Å². The Labute approximate surface area is 122 Å². The van der Waals surface area contributed by atoms with E-state index >= 15 is 0 Å². The smallest absolute Gasteiger partial charge is 0.410 e. The van der Waals surface area contributed by atoms with Crippen molar-refractivity contribution in [2.24, 2.45) is 0 Å². The number of ether oxygens (including phenoxy) is 1. The van der Waals surface area contributed by atoms with Gasteiger partial charge in [0.2, 0.25) is 0 Å². The minimum atomic E-state index is -0.928. The number of carbonyl (C=O) groups excluding carboxylic acids is 1. The van der Waals surface area contributed by atoms with E-state index in [-0.39, 0.29) is 12.1 Å². The summed E-state index contributed by atoms with van der Waals surface area (Å²) >= 11 is 1.23. The van der Waals surface area contributed by atoms with Gasteiger partial charge in [-0.25, -0.2) is 9.59 Å². The third-order valence-electron chi connectivity index (χ3n) is 3.05. The third kappa shape index (κ3) is 3.30. The Bertz CT molecular complexity index is 517. The Morgan fingerprint density at radius 2 is 2.10 bits per heavy atom. The van der Waals surface area contributed by atoms with E-state index in [1.54, 1.807) is 17.0 Å². The van der Waals surface area contributed by atoms with Gasteiger partial charge in [-0.2, -0.15) is 0 Å². The van der Waals surface area contributed by atoms with E-state index in [0.29, 0.717) is 11.4 Å². The van der Waals surface area contributed by atoms with Crippen LogP contribution in [0, 0.1) is 0 Å². The molecule has 0 bridgehead atoms. The second-order valence-electron chi connectivity index (χ2n) is 5.84. The second kappa shape index (κ2) is 5.44. The van der Waals surface area contributed by atoms with Crippen LogP contribution < -0.4 is 0 Å². The highest BCUT2D eigenvalue weighted by Gasteiger charge is 2.34. The third-order valence-corrected chi connectivity index (χ3v) is 4.22. The maximum absolute atomic E-state index is 12.2. The van der Waals surface area contributed by atoms with Gasteiger partial charge < -0.3 is 14.7 Å². The molecule has 1 aromatic rings. The molecule has 1 aliphatic rings. The minimum Gasteiger partial charge on any atom is -0.477 e. The highest BCUT2D eigenvalue weighted by molar-refractivity contribution is 7.14. The molecule has 1 amide bonds. The number of likely N-dealkylation sites (tertiary alicyclic amines) is 1. The SMILES string of the molecule is CC(C)(C)OC(=O)N1CCCC1c1ccc(C(=O)O)s1. The van der Waals surface area contributed by atoms with Crippen LogP contribution in [-0.4, -0.2) is 34.2 Å². The average Bonchev–Trinajstić information content (AvgIpc) is 2.95. The van der Waals surface area contributed by atoms with Crippen LogP contribution in [0.4, 0.5) is 4.79 Å². The quantitative estimate of drug-likeness (QED) is 0.907. The van der Waals surface area contributed by atoms with Crippen molar-refractivity contribution in [3.05, 3.63) is 21.9 Å². The summed E-state index contributed by atoms with van der Waals surface area (Å²) in [5.74, 6) is -0.928. The van der Waals surface area contributed by atoms with Crippen molar-refractivity contribution in [3.8, 4) is 0 Å². The summed E-state index contributed by atoms with van der Waals surface area (Å²) in [6, 6.07) is 3.32. The number of nitrogens with zero attached hydrogens (tertiary/aromatic N) is 1. The van der Waals surface area contributed by atoms with E-state index in [9.17, 15) is 9.59 Å². The van der Waals surface area contributed by atoms with E-state index in [2.05, 4.69) is 0 Å². The molecule has 110 valence electrons. The average molecular weight is 297 g/mol. The summed E-state index contributed by atoms with van der Waals surface area (Å²) in [4.78, 5) is 26.0. The minimum absolute atomic E-state index is 0.0667. The molecule has 1 atom stereocenters. The van der Waals surface area contributed by atoms with Gasteiger partial charge in [0.05, 0.1) is 6.04 Å². The monoisotopic (exact) mass is 297 g/mol. The van der Waals surface area contributed by atoms with E-state index in [1.165, 1.54) is 11.3 Å². The molecule has 0 spiro atoms. The van der Waals surface area contributed by atoms with Crippen molar-refractivity contribution in [2.75, 3.05) is 6.54 Å². The van der Waals surface area contributed by atoms with Crippen molar-refractivity contribution >= 4 is 23.4 Å². The number of carboxylic acid groups (broad SMARTS) is 1. The van der Waals surface area contributed by atoms with Gasteiger partial charge in [0.15, 0.2) is 0 Å². The zero-order chi connectivity index (χ0) is 14.9. The van der Waals surface area contributed by atoms with E-state index in [0.717, 1.165) is 17.7 Å². The van der Waals surface area contributed by atoms with E-state index < -0.39 is 11.6 Å². The lowest BCUT2D eigenvalue weighted by Gasteiger charge is -2.28. The number of thiophene rings is 1. The molecule has 0 aliphatic carbocycles. The lowest BCUT2D eigenvalue weighted by atomic mass is 10.2. The lowest BCUT2D eigenvalue weighted by molar-refractivity contribution is 0.0227. The lowest BCUT2D eigenvalue weighted by Crippen LogP contribution is -2.36. The number of carboxylic acids is 1. The van der Waals surface area contributed by atoms with Crippen LogP contribution in [0.5, 0.6) is 0 Å². The highest BCUT2D eigenvalue weighted by Crippen LogP contribution is 2.36. The Morgan fingerprint density at radius 3 is 2.65 bits per heavy atom. The Kier molecular flexibility index (Phi) is 4.04. The largest absolute Gasteiger partial charge is 0.477 e. The summed E-state index contributed by atoms with van der Waals surface area (Å²) < 4.78 is 5.40. The Balaban J connectivity index is 2.14. The van der Waals surface area contributed by atoms with Gasteiger partial charge in [-0.05, 0) is 45.7 Å². The topological polar surface area (TPSA) is 66.8 Å². The fourth-order valence-corrected chi connectivity index (χ4v) is 3.24. The Morgan fingerprint density at radius 1 is 1.40 bits per heavy atom. The van der Waals surface area contributed by atoms with Crippen LogP contribution in [0.3, 0.4) is 0 Å². The highest BCUT2D eigenvalue weighted by atomic mass is 32.1. The molecule has 0 radical (unpaired) electrons. The van der Waals surface area contributed by atoms with Crippen LogP contribution >= 0.6 is 11.3 Å². The molecule has 2 heterocycles. The molecule has 0 saturated carbocycles. The predicted octanol–water partition coefficient (Wildman–Crippen LogP) is 3.52. The molecule has 5 nitrogen and oxygen atoms in total. The summed E-state index contributed by atoms with van der Waals surface area (Å²) in [7, 11) is 0. The fraction of sp³-hybridized carbons (Fsp3) is 0.571. The first kappa shape index (κ1) is 14.8. The molecule has 1 unspecified atom stereocenters. The summed E-state index contributed by atoms with van der Waals surface area (Å²) in [5.41, 5.74) is -0.522. The molecule has 1 aromatic heterocycles. The molecule has 1 N–H and O–H groups in total.